The molecular formula is C17H22BrNO. The van der Waals surface area contributed by atoms with Crippen molar-refractivity contribution in [2.75, 3.05) is 0 Å². The molecule has 1 N–H and O–H groups in total. The maximum atomic E-state index is 12.8. The summed E-state index contributed by atoms with van der Waals surface area (Å²) in [5.41, 5.74) is 1.23. The molecule has 1 amide bonds. The van der Waals surface area contributed by atoms with Crippen molar-refractivity contribution < 1.29 is 4.79 Å². The zero-order valence-corrected chi connectivity index (χ0v) is 14.0. The van der Waals surface area contributed by atoms with Gasteiger partial charge in [0.15, 0.2) is 0 Å². The van der Waals surface area contributed by atoms with Gasteiger partial charge in [0.25, 0.3) is 0 Å². The molecule has 20 heavy (non-hydrogen) atoms. The molecule has 2 nitrogen and oxygen atoms in total. The Kier molecular flexibility index (Phi) is 3.06. The van der Waals surface area contributed by atoms with Crippen LogP contribution in [0.5, 0.6) is 0 Å². The summed E-state index contributed by atoms with van der Waals surface area (Å²) in [5.74, 6) is 0.211. The highest BCUT2D eigenvalue weighted by Gasteiger charge is 2.79. The maximum Gasteiger partial charge on any atom is 0.228 e. The lowest BCUT2D eigenvalue weighted by Crippen LogP contribution is -2.69. The lowest BCUT2D eigenvalue weighted by Gasteiger charge is -2.64. The lowest BCUT2D eigenvalue weighted by molar-refractivity contribution is -0.161. The standard InChI is InChI=1S/C17H22BrNO/c1-15(2)16(3)9-10-17(15,13(16)18)14(20)19-11-12-7-5-4-6-8-12/h4-8,13H,9-11H2,1-3H3,(H,19,20)/t13-,16-,17-/m0/s1. The molecule has 0 heterocycles. The van der Waals surface area contributed by atoms with Gasteiger partial charge in [-0.3, -0.25) is 4.79 Å². The average Bonchev–Trinajstić information content (AvgIpc) is 2.85. The zero-order chi connectivity index (χ0) is 14.6. The zero-order valence-electron chi connectivity index (χ0n) is 12.4. The van der Waals surface area contributed by atoms with E-state index in [1.165, 1.54) is 0 Å². The third-order valence-corrected chi connectivity index (χ3v) is 8.07. The summed E-state index contributed by atoms with van der Waals surface area (Å²) in [6, 6.07) is 10.1. The molecule has 3 atom stereocenters. The van der Waals surface area contributed by atoms with Crippen LogP contribution in [0.2, 0.25) is 0 Å². The minimum absolute atomic E-state index is 0.0644. The molecule has 0 unspecified atom stereocenters. The van der Waals surface area contributed by atoms with Crippen molar-refractivity contribution in [3.8, 4) is 0 Å². The molecule has 108 valence electrons. The lowest BCUT2D eigenvalue weighted by atomic mass is 9.43. The van der Waals surface area contributed by atoms with Crippen molar-refractivity contribution >= 4 is 21.8 Å². The van der Waals surface area contributed by atoms with Gasteiger partial charge in [-0.15, -0.1) is 0 Å². The number of fused-ring (bicyclic) bond motifs is 1. The van der Waals surface area contributed by atoms with E-state index in [0.29, 0.717) is 11.4 Å². The first-order valence-electron chi connectivity index (χ1n) is 7.32. The number of halogens is 1. The van der Waals surface area contributed by atoms with Crippen LogP contribution < -0.4 is 5.32 Å². The van der Waals surface area contributed by atoms with Gasteiger partial charge >= 0.3 is 0 Å². The number of amides is 1. The largest absolute Gasteiger partial charge is 0.351 e. The Morgan fingerprint density at radius 2 is 1.90 bits per heavy atom. The van der Waals surface area contributed by atoms with Gasteiger partial charge < -0.3 is 5.32 Å². The smallest absolute Gasteiger partial charge is 0.228 e. The second-order valence-corrected chi connectivity index (χ2v) is 7.96. The Bertz CT molecular complexity index is 541. The Morgan fingerprint density at radius 1 is 1.25 bits per heavy atom. The number of rotatable bonds is 3. The van der Waals surface area contributed by atoms with Gasteiger partial charge in [0, 0.05) is 11.4 Å². The highest BCUT2D eigenvalue weighted by atomic mass is 79.9. The molecule has 0 radical (unpaired) electrons. The minimum Gasteiger partial charge on any atom is -0.351 e. The van der Waals surface area contributed by atoms with E-state index in [1.807, 2.05) is 30.3 Å². The maximum absolute atomic E-state index is 12.8. The van der Waals surface area contributed by atoms with E-state index < -0.39 is 0 Å². The van der Waals surface area contributed by atoms with Gasteiger partial charge in [0.1, 0.15) is 0 Å². The molecule has 3 heteroatoms. The van der Waals surface area contributed by atoms with Crippen molar-refractivity contribution in [1.29, 1.82) is 0 Å². The normalized spacial score (nSPS) is 37.3. The molecule has 0 aliphatic heterocycles. The average molecular weight is 336 g/mol. The van der Waals surface area contributed by atoms with Crippen LogP contribution in [0.1, 0.15) is 39.2 Å². The first kappa shape index (κ1) is 14.1. The van der Waals surface area contributed by atoms with Gasteiger partial charge in [-0.05, 0) is 29.2 Å². The Labute approximate surface area is 129 Å². The van der Waals surface area contributed by atoms with Gasteiger partial charge in [-0.1, -0.05) is 67.0 Å². The highest BCUT2D eigenvalue weighted by Crippen LogP contribution is 2.79. The summed E-state index contributed by atoms with van der Waals surface area (Å²) in [7, 11) is 0. The third kappa shape index (κ3) is 1.47. The minimum atomic E-state index is -0.240. The van der Waals surface area contributed by atoms with Crippen molar-refractivity contribution in [2.45, 2.75) is 45.0 Å². The quantitative estimate of drug-likeness (QED) is 0.834. The van der Waals surface area contributed by atoms with Crippen molar-refractivity contribution in [3.63, 3.8) is 0 Å². The van der Waals surface area contributed by atoms with Crippen LogP contribution in [0.3, 0.4) is 0 Å². The van der Waals surface area contributed by atoms with E-state index in [0.717, 1.165) is 18.4 Å². The number of hydrogen-bond acceptors (Lipinski definition) is 1. The molecule has 3 fully saturated rings. The Balaban J connectivity index is 1.75. The predicted molar refractivity (Wildman–Crippen MR) is 84.6 cm³/mol. The molecule has 1 aromatic carbocycles. The second-order valence-electron chi connectivity index (χ2n) is 7.04. The van der Waals surface area contributed by atoms with E-state index in [-0.39, 0.29) is 22.2 Å². The van der Waals surface area contributed by atoms with E-state index in [1.54, 1.807) is 0 Å². The number of carbonyl (C=O) groups excluding carboxylic acids is 1. The fourth-order valence-electron chi connectivity index (χ4n) is 4.39. The fraction of sp³-hybridized carbons (Fsp3) is 0.588. The van der Waals surface area contributed by atoms with E-state index in [4.69, 9.17) is 0 Å². The van der Waals surface area contributed by atoms with Crippen LogP contribution in [0.25, 0.3) is 0 Å². The number of hydrogen-bond donors (Lipinski definition) is 1. The Morgan fingerprint density at radius 3 is 2.40 bits per heavy atom. The van der Waals surface area contributed by atoms with E-state index >= 15 is 0 Å². The SMILES string of the molecule is CC1(C)[C@@]2(C)CC[C@@]1(C(=O)NCc1ccccc1)[C@H]2Br. The number of carbonyl (C=O) groups is 1. The summed E-state index contributed by atoms with van der Waals surface area (Å²) < 4.78 is 0. The summed E-state index contributed by atoms with van der Waals surface area (Å²) in [4.78, 5) is 13.1. The molecule has 4 rings (SSSR count). The molecular weight excluding hydrogens is 314 g/mol. The summed E-state index contributed by atoms with van der Waals surface area (Å²) >= 11 is 3.81. The van der Waals surface area contributed by atoms with Gasteiger partial charge in [-0.25, -0.2) is 0 Å². The molecule has 3 aliphatic carbocycles. The van der Waals surface area contributed by atoms with Crippen molar-refractivity contribution in [2.24, 2.45) is 16.2 Å². The van der Waals surface area contributed by atoms with Crippen LogP contribution in [0.15, 0.2) is 30.3 Å². The van der Waals surface area contributed by atoms with Gasteiger partial charge in [-0.2, -0.15) is 0 Å². The molecule has 0 aromatic heterocycles. The topological polar surface area (TPSA) is 29.1 Å². The second kappa shape index (κ2) is 4.33. The van der Waals surface area contributed by atoms with Crippen LogP contribution >= 0.6 is 15.9 Å². The van der Waals surface area contributed by atoms with Crippen molar-refractivity contribution in [3.05, 3.63) is 35.9 Å². The van der Waals surface area contributed by atoms with Gasteiger partial charge in [0.2, 0.25) is 5.91 Å². The monoisotopic (exact) mass is 335 g/mol. The Hall–Kier alpha value is -0.830. The van der Waals surface area contributed by atoms with Crippen molar-refractivity contribution in [1.82, 2.24) is 5.32 Å². The van der Waals surface area contributed by atoms with Crippen LogP contribution in [-0.4, -0.2) is 10.7 Å². The summed E-state index contributed by atoms with van der Waals surface area (Å²) in [6.45, 7) is 7.43. The molecule has 2 bridgehead atoms. The number of benzene rings is 1. The molecule has 3 saturated carbocycles. The van der Waals surface area contributed by atoms with E-state index in [2.05, 4.69) is 42.0 Å². The van der Waals surface area contributed by atoms with E-state index in [9.17, 15) is 4.79 Å². The third-order valence-electron chi connectivity index (χ3n) is 6.27. The first-order valence-corrected chi connectivity index (χ1v) is 8.24. The van der Waals surface area contributed by atoms with Crippen LogP contribution in [-0.2, 0) is 11.3 Å². The number of nitrogens with one attached hydrogen (secondary N) is 1. The highest BCUT2D eigenvalue weighted by molar-refractivity contribution is 9.09. The first-order chi connectivity index (χ1) is 9.36. The van der Waals surface area contributed by atoms with Crippen LogP contribution in [0.4, 0.5) is 0 Å². The number of alkyl halides is 1. The van der Waals surface area contributed by atoms with Gasteiger partial charge in [0.05, 0.1) is 5.41 Å². The molecule has 0 spiro atoms. The predicted octanol–water partition coefficient (Wildman–Crippen LogP) is 3.89. The summed E-state index contributed by atoms with van der Waals surface area (Å²) in [5, 5.41) is 3.15. The summed E-state index contributed by atoms with van der Waals surface area (Å²) in [6.07, 6.45) is 2.13. The molecule has 0 saturated heterocycles. The molecule has 3 aliphatic rings. The van der Waals surface area contributed by atoms with Crippen LogP contribution in [0, 0.1) is 16.2 Å². The fourth-order valence-corrected chi connectivity index (χ4v) is 6.20. The molecule has 1 aromatic rings.